The number of nitrogens with zero attached hydrogens (tertiary/aromatic N) is 3. The van der Waals surface area contributed by atoms with E-state index in [0.29, 0.717) is 11.3 Å². The predicted octanol–water partition coefficient (Wildman–Crippen LogP) is 4.93. The molecule has 0 aliphatic rings. The Morgan fingerprint density at radius 1 is 1.00 bits per heavy atom. The quantitative estimate of drug-likeness (QED) is 0.753. The van der Waals surface area contributed by atoms with Crippen LogP contribution in [-0.2, 0) is 11.0 Å². The van der Waals surface area contributed by atoms with Gasteiger partial charge in [0.15, 0.2) is 0 Å². The summed E-state index contributed by atoms with van der Waals surface area (Å²) in [6, 6.07) is 6.45. The minimum atomic E-state index is -4.69. The average Bonchev–Trinajstić information content (AvgIpc) is 2.95. The van der Waals surface area contributed by atoms with Gasteiger partial charge in [0, 0.05) is 22.2 Å². The van der Waals surface area contributed by atoms with Crippen LogP contribution < -0.4 is 4.90 Å². The zero-order valence-corrected chi connectivity index (χ0v) is 15.6. The van der Waals surface area contributed by atoms with Gasteiger partial charge in [-0.3, -0.25) is 4.79 Å². The summed E-state index contributed by atoms with van der Waals surface area (Å²) in [4.78, 5) is 17.9. The van der Waals surface area contributed by atoms with Gasteiger partial charge in [0.2, 0.25) is 11.7 Å². The van der Waals surface area contributed by atoms with E-state index >= 15 is 0 Å². The topological polar surface area (TPSA) is 59.2 Å². The molecule has 1 heterocycles. The van der Waals surface area contributed by atoms with Gasteiger partial charge < -0.3 is 9.42 Å². The Morgan fingerprint density at radius 3 is 1.92 bits per heavy atom. The second-order valence-corrected chi connectivity index (χ2v) is 8.03. The Hall–Kier alpha value is -2.38. The second-order valence-electron chi connectivity index (χ2n) is 8.03. The standard InChI is InChI=1S/C18H22F3N3O2/c1-16(2,3)15(25)24(17(4,5)6)12-9-7-11(8-10-12)13-22-14(26-23-13)18(19,20)21/h7-10H,1-6H3. The molecule has 26 heavy (non-hydrogen) atoms. The number of alkyl halides is 3. The monoisotopic (exact) mass is 369 g/mol. The number of amides is 1. The van der Waals surface area contributed by atoms with Crippen molar-refractivity contribution in [2.45, 2.75) is 53.3 Å². The van der Waals surface area contributed by atoms with Crippen LogP contribution in [0.5, 0.6) is 0 Å². The zero-order valence-electron chi connectivity index (χ0n) is 15.6. The third-order valence-corrected chi connectivity index (χ3v) is 3.57. The summed E-state index contributed by atoms with van der Waals surface area (Å²) in [5, 5.41) is 3.36. The van der Waals surface area contributed by atoms with Crippen LogP contribution in [0, 0.1) is 5.41 Å². The van der Waals surface area contributed by atoms with E-state index in [1.807, 2.05) is 41.5 Å². The van der Waals surface area contributed by atoms with Crippen molar-refractivity contribution in [3.8, 4) is 11.4 Å². The van der Waals surface area contributed by atoms with Gasteiger partial charge in [-0.15, -0.1) is 0 Å². The largest absolute Gasteiger partial charge is 0.471 e. The third-order valence-electron chi connectivity index (χ3n) is 3.57. The number of halogens is 3. The maximum Gasteiger partial charge on any atom is 0.471 e. The van der Waals surface area contributed by atoms with E-state index in [-0.39, 0.29) is 11.7 Å². The van der Waals surface area contributed by atoms with E-state index in [4.69, 9.17) is 0 Å². The lowest BCUT2D eigenvalue weighted by molar-refractivity contribution is -0.159. The Kier molecular flexibility index (Phi) is 4.91. The molecule has 142 valence electrons. The molecule has 0 radical (unpaired) electrons. The number of rotatable bonds is 2. The Balaban J connectivity index is 2.38. The van der Waals surface area contributed by atoms with Gasteiger partial charge >= 0.3 is 12.1 Å². The van der Waals surface area contributed by atoms with Crippen LogP contribution in [-0.4, -0.2) is 21.6 Å². The Morgan fingerprint density at radius 2 is 1.54 bits per heavy atom. The van der Waals surface area contributed by atoms with Crippen molar-refractivity contribution in [1.82, 2.24) is 10.1 Å². The first-order valence-corrected chi connectivity index (χ1v) is 8.07. The minimum absolute atomic E-state index is 0.0586. The summed E-state index contributed by atoms with van der Waals surface area (Å²) < 4.78 is 42.0. The number of hydrogen-bond acceptors (Lipinski definition) is 4. The minimum Gasteiger partial charge on any atom is -0.329 e. The zero-order chi connectivity index (χ0) is 19.9. The molecule has 1 aromatic heterocycles. The fourth-order valence-electron chi connectivity index (χ4n) is 2.36. The number of anilines is 1. The summed E-state index contributed by atoms with van der Waals surface area (Å²) in [5.74, 6) is -1.61. The molecule has 0 saturated heterocycles. The first-order valence-electron chi connectivity index (χ1n) is 8.07. The Labute approximate surface area is 150 Å². The molecule has 5 nitrogen and oxygen atoms in total. The van der Waals surface area contributed by atoms with Crippen LogP contribution >= 0.6 is 0 Å². The Bertz CT molecular complexity index is 782. The molecular weight excluding hydrogens is 347 g/mol. The van der Waals surface area contributed by atoms with Gasteiger partial charge in [-0.25, -0.2) is 0 Å². The van der Waals surface area contributed by atoms with E-state index in [1.165, 1.54) is 0 Å². The van der Waals surface area contributed by atoms with E-state index in [0.717, 1.165) is 0 Å². The van der Waals surface area contributed by atoms with Crippen LogP contribution in [0.25, 0.3) is 11.4 Å². The lowest BCUT2D eigenvalue weighted by atomic mass is 9.91. The molecule has 1 amide bonds. The highest BCUT2D eigenvalue weighted by molar-refractivity contribution is 5.98. The maximum absolute atomic E-state index is 12.8. The smallest absolute Gasteiger partial charge is 0.329 e. The van der Waals surface area contributed by atoms with Crippen LogP contribution in [0.15, 0.2) is 28.8 Å². The lowest BCUT2D eigenvalue weighted by Gasteiger charge is -2.39. The summed E-state index contributed by atoms with van der Waals surface area (Å²) in [6.45, 7) is 11.2. The summed E-state index contributed by atoms with van der Waals surface area (Å²) in [7, 11) is 0. The maximum atomic E-state index is 12.8. The molecule has 0 saturated carbocycles. The molecule has 1 aromatic carbocycles. The van der Waals surface area contributed by atoms with Gasteiger partial charge in [0.05, 0.1) is 0 Å². The number of carbonyl (C=O) groups is 1. The molecule has 2 aromatic rings. The van der Waals surface area contributed by atoms with Gasteiger partial charge in [-0.05, 0) is 45.0 Å². The average molecular weight is 369 g/mol. The highest BCUT2D eigenvalue weighted by atomic mass is 19.4. The molecule has 0 fully saturated rings. The first kappa shape index (κ1) is 19.9. The fourth-order valence-corrected chi connectivity index (χ4v) is 2.36. The van der Waals surface area contributed by atoms with Gasteiger partial charge in [-0.1, -0.05) is 25.9 Å². The van der Waals surface area contributed by atoms with E-state index in [1.54, 1.807) is 29.2 Å². The number of carbonyl (C=O) groups excluding carboxylic acids is 1. The van der Waals surface area contributed by atoms with Crippen molar-refractivity contribution < 1.29 is 22.5 Å². The predicted molar refractivity (Wildman–Crippen MR) is 91.4 cm³/mol. The lowest BCUT2D eigenvalue weighted by Crippen LogP contribution is -2.50. The van der Waals surface area contributed by atoms with Gasteiger partial charge in [-0.2, -0.15) is 18.2 Å². The summed E-state index contributed by atoms with van der Waals surface area (Å²) in [6.07, 6.45) is -4.69. The molecule has 2 rings (SSSR count). The molecule has 0 aliphatic carbocycles. The normalized spacial score (nSPS) is 13.0. The van der Waals surface area contributed by atoms with E-state index < -0.39 is 23.0 Å². The number of aromatic nitrogens is 2. The molecule has 8 heteroatoms. The molecule has 0 atom stereocenters. The molecule has 0 spiro atoms. The summed E-state index contributed by atoms with van der Waals surface area (Å²) in [5.41, 5.74) is -0.0475. The molecular formula is C18H22F3N3O2. The van der Waals surface area contributed by atoms with E-state index in [9.17, 15) is 18.0 Å². The van der Waals surface area contributed by atoms with E-state index in [2.05, 4.69) is 14.7 Å². The fraction of sp³-hybridized carbons (Fsp3) is 0.500. The SMILES string of the molecule is CC(C)(C)C(=O)N(c1ccc(-c2noc(C(F)(F)F)n2)cc1)C(C)(C)C. The van der Waals surface area contributed by atoms with Crippen molar-refractivity contribution in [3.05, 3.63) is 30.2 Å². The van der Waals surface area contributed by atoms with Crippen LogP contribution in [0.3, 0.4) is 0 Å². The molecule has 0 aliphatic heterocycles. The number of hydrogen-bond donors (Lipinski definition) is 0. The molecule has 0 bridgehead atoms. The highest BCUT2D eigenvalue weighted by Gasteiger charge is 2.39. The van der Waals surface area contributed by atoms with Crippen molar-refractivity contribution in [2.24, 2.45) is 5.41 Å². The van der Waals surface area contributed by atoms with Crippen LogP contribution in [0.1, 0.15) is 47.4 Å². The van der Waals surface area contributed by atoms with Crippen molar-refractivity contribution in [2.75, 3.05) is 4.90 Å². The molecule has 0 N–H and O–H groups in total. The van der Waals surface area contributed by atoms with Crippen LogP contribution in [0.2, 0.25) is 0 Å². The highest BCUT2D eigenvalue weighted by Crippen LogP contribution is 2.32. The van der Waals surface area contributed by atoms with Crippen LogP contribution in [0.4, 0.5) is 18.9 Å². The van der Waals surface area contributed by atoms with Gasteiger partial charge in [0.1, 0.15) is 0 Å². The number of benzene rings is 1. The summed E-state index contributed by atoms with van der Waals surface area (Å²) >= 11 is 0. The first-order chi connectivity index (χ1) is 11.7. The third kappa shape index (κ3) is 4.23. The van der Waals surface area contributed by atoms with Crippen molar-refractivity contribution >= 4 is 11.6 Å². The van der Waals surface area contributed by atoms with Gasteiger partial charge in [0.25, 0.3) is 0 Å². The van der Waals surface area contributed by atoms with Crippen molar-refractivity contribution in [1.29, 1.82) is 0 Å². The second kappa shape index (κ2) is 6.41. The van der Waals surface area contributed by atoms with Crippen molar-refractivity contribution in [3.63, 3.8) is 0 Å². The molecule has 0 unspecified atom stereocenters.